The second kappa shape index (κ2) is 6.71. The number of rotatable bonds is 4. The molecule has 1 aromatic carbocycles. The maximum Gasteiger partial charge on any atom is 0.337 e. The molecule has 2 amide bonds. The molecule has 1 heterocycles. The van der Waals surface area contributed by atoms with E-state index in [1.54, 1.807) is 12.1 Å². The third kappa shape index (κ3) is 3.94. The highest BCUT2D eigenvalue weighted by atomic mass is 79.9. The van der Waals surface area contributed by atoms with E-state index in [1.165, 1.54) is 6.07 Å². The number of amides is 2. The molecule has 1 atom stereocenters. The van der Waals surface area contributed by atoms with Crippen LogP contribution in [0.4, 0.5) is 10.5 Å². The van der Waals surface area contributed by atoms with Crippen LogP contribution in [0.2, 0.25) is 0 Å². The first kappa shape index (κ1) is 14.8. The van der Waals surface area contributed by atoms with Crippen molar-refractivity contribution in [2.45, 2.75) is 18.9 Å². The fourth-order valence-electron chi connectivity index (χ4n) is 1.98. The molecule has 7 heteroatoms. The average Bonchev–Trinajstić information content (AvgIpc) is 2.91. The first-order chi connectivity index (χ1) is 9.56. The van der Waals surface area contributed by atoms with Crippen LogP contribution in [0.15, 0.2) is 22.7 Å². The quantitative estimate of drug-likeness (QED) is 0.784. The van der Waals surface area contributed by atoms with Gasteiger partial charge in [0.25, 0.3) is 0 Å². The van der Waals surface area contributed by atoms with Crippen LogP contribution in [0.3, 0.4) is 0 Å². The molecule has 0 spiro atoms. The van der Waals surface area contributed by atoms with Crippen LogP contribution >= 0.6 is 15.9 Å². The Balaban J connectivity index is 1.94. The fraction of sp³-hybridized carbons (Fsp3) is 0.385. The molecular weight excluding hydrogens is 328 g/mol. The third-order valence-corrected chi connectivity index (χ3v) is 3.47. The zero-order valence-corrected chi connectivity index (χ0v) is 12.3. The summed E-state index contributed by atoms with van der Waals surface area (Å²) in [6, 6.07) is 4.21. The number of carbonyl (C=O) groups excluding carboxylic acids is 1. The van der Waals surface area contributed by atoms with Crippen LogP contribution < -0.4 is 10.6 Å². The Bertz CT molecular complexity index is 515. The number of carboxylic acid groups (broad SMARTS) is 1. The Hall–Kier alpha value is -1.60. The van der Waals surface area contributed by atoms with Gasteiger partial charge in [-0.1, -0.05) is 15.9 Å². The topological polar surface area (TPSA) is 87.7 Å². The van der Waals surface area contributed by atoms with Crippen LogP contribution in [0.25, 0.3) is 0 Å². The molecule has 6 nitrogen and oxygen atoms in total. The predicted molar refractivity (Wildman–Crippen MR) is 77.1 cm³/mol. The van der Waals surface area contributed by atoms with E-state index < -0.39 is 12.0 Å². The van der Waals surface area contributed by atoms with Crippen molar-refractivity contribution in [2.24, 2.45) is 0 Å². The van der Waals surface area contributed by atoms with E-state index in [0.717, 1.165) is 19.4 Å². The summed E-state index contributed by atoms with van der Waals surface area (Å²) < 4.78 is 6.03. The SMILES string of the molecule is O=C(NCC1CCCO1)Nc1ccc(Br)cc1C(=O)O. The lowest BCUT2D eigenvalue weighted by Crippen LogP contribution is -2.35. The molecular formula is C13H15BrN2O4. The number of halogens is 1. The second-order valence-electron chi connectivity index (χ2n) is 4.47. The molecule has 1 saturated heterocycles. The largest absolute Gasteiger partial charge is 0.478 e. The second-order valence-corrected chi connectivity index (χ2v) is 5.38. The minimum atomic E-state index is -1.10. The maximum absolute atomic E-state index is 11.7. The number of carboxylic acids is 1. The van der Waals surface area contributed by atoms with Gasteiger partial charge in [-0.05, 0) is 31.0 Å². The van der Waals surface area contributed by atoms with E-state index in [2.05, 4.69) is 26.6 Å². The van der Waals surface area contributed by atoms with E-state index in [4.69, 9.17) is 9.84 Å². The Morgan fingerprint density at radius 3 is 2.90 bits per heavy atom. The number of hydrogen-bond acceptors (Lipinski definition) is 3. The van der Waals surface area contributed by atoms with Crippen molar-refractivity contribution in [1.29, 1.82) is 0 Å². The zero-order valence-electron chi connectivity index (χ0n) is 10.7. The summed E-state index contributed by atoms with van der Waals surface area (Å²) in [7, 11) is 0. The molecule has 1 unspecified atom stereocenters. The molecule has 0 saturated carbocycles. The van der Waals surface area contributed by atoms with Gasteiger partial charge in [0.15, 0.2) is 0 Å². The van der Waals surface area contributed by atoms with Gasteiger partial charge in [0.1, 0.15) is 0 Å². The number of aromatic carboxylic acids is 1. The summed E-state index contributed by atoms with van der Waals surface area (Å²) in [6.07, 6.45) is 1.98. The van der Waals surface area contributed by atoms with Gasteiger partial charge in [0.05, 0.1) is 17.4 Å². The Morgan fingerprint density at radius 1 is 1.45 bits per heavy atom. The van der Waals surface area contributed by atoms with E-state index >= 15 is 0 Å². The molecule has 3 N–H and O–H groups in total. The standard InChI is InChI=1S/C13H15BrN2O4/c14-8-3-4-11(10(6-8)12(17)18)16-13(19)15-7-9-2-1-5-20-9/h3-4,6,9H,1-2,5,7H2,(H,17,18)(H2,15,16,19). The van der Waals surface area contributed by atoms with E-state index in [1.807, 2.05) is 0 Å². The monoisotopic (exact) mass is 342 g/mol. The summed E-state index contributed by atoms with van der Waals surface area (Å²) in [6.45, 7) is 1.15. The molecule has 1 aromatic rings. The normalized spacial score (nSPS) is 17.8. The minimum absolute atomic E-state index is 0.0339. The Morgan fingerprint density at radius 2 is 2.25 bits per heavy atom. The first-order valence-electron chi connectivity index (χ1n) is 6.25. The average molecular weight is 343 g/mol. The van der Waals surface area contributed by atoms with Crippen molar-refractivity contribution in [3.05, 3.63) is 28.2 Å². The molecule has 0 bridgehead atoms. The number of nitrogens with one attached hydrogen (secondary N) is 2. The molecule has 0 aromatic heterocycles. The summed E-state index contributed by atoms with van der Waals surface area (Å²) in [5.41, 5.74) is 0.289. The van der Waals surface area contributed by atoms with E-state index in [9.17, 15) is 9.59 Å². The van der Waals surface area contributed by atoms with Gasteiger partial charge in [-0.25, -0.2) is 9.59 Å². The summed E-state index contributed by atoms with van der Waals surface area (Å²) in [5, 5.41) is 14.3. The smallest absolute Gasteiger partial charge is 0.337 e. The number of anilines is 1. The molecule has 0 aliphatic carbocycles. The van der Waals surface area contributed by atoms with Crippen LogP contribution in [0, 0.1) is 0 Å². The van der Waals surface area contributed by atoms with Crippen molar-refractivity contribution in [3.8, 4) is 0 Å². The van der Waals surface area contributed by atoms with Crippen LogP contribution in [-0.4, -0.2) is 36.4 Å². The summed E-state index contributed by atoms with van der Waals surface area (Å²) >= 11 is 3.20. The molecule has 0 radical (unpaired) electrons. The van der Waals surface area contributed by atoms with Gasteiger partial charge in [0, 0.05) is 17.6 Å². The van der Waals surface area contributed by atoms with Gasteiger partial charge in [-0.3, -0.25) is 0 Å². The lowest BCUT2D eigenvalue weighted by Gasteiger charge is -2.13. The number of hydrogen-bond donors (Lipinski definition) is 3. The van der Waals surface area contributed by atoms with Gasteiger partial charge in [0.2, 0.25) is 0 Å². The molecule has 2 rings (SSSR count). The predicted octanol–water partition coefficient (Wildman–Crippen LogP) is 2.45. The number of benzene rings is 1. The number of urea groups is 1. The van der Waals surface area contributed by atoms with Gasteiger partial charge in [-0.2, -0.15) is 0 Å². The van der Waals surface area contributed by atoms with Crippen molar-refractivity contribution < 1.29 is 19.4 Å². The van der Waals surface area contributed by atoms with Crippen LogP contribution in [0.1, 0.15) is 23.2 Å². The number of carbonyl (C=O) groups is 2. The highest BCUT2D eigenvalue weighted by molar-refractivity contribution is 9.10. The van der Waals surface area contributed by atoms with Crippen LogP contribution in [0.5, 0.6) is 0 Å². The van der Waals surface area contributed by atoms with E-state index in [0.29, 0.717) is 11.0 Å². The highest BCUT2D eigenvalue weighted by Crippen LogP contribution is 2.21. The van der Waals surface area contributed by atoms with Crippen molar-refractivity contribution in [3.63, 3.8) is 0 Å². The first-order valence-corrected chi connectivity index (χ1v) is 7.05. The highest BCUT2D eigenvalue weighted by Gasteiger charge is 2.17. The van der Waals surface area contributed by atoms with Gasteiger partial charge in [-0.15, -0.1) is 0 Å². The lowest BCUT2D eigenvalue weighted by molar-refractivity contribution is 0.0698. The molecule has 20 heavy (non-hydrogen) atoms. The third-order valence-electron chi connectivity index (χ3n) is 2.97. The Labute approximate surface area is 124 Å². The maximum atomic E-state index is 11.7. The van der Waals surface area contributed by atoms with Crippen molar-refractivity contribution in [2.75, 3.05) is 18.5 Å². The lowest BCUT2D eigenvalue weighted by atomic mass is 10.2. The van der Waals surface area contributed by atoms with Crippen LogP contribution in [-0.2, 0) is 4.74 Å². The summed E-state index contributed by atoms with van der Waals surface area (Å²) in [5.74, 6) is -1.10. The number of ether oxygens (including phenoxy) is 1. The van der Waals surface area contributed by atoms with Crippen molar-refractivity contribution >= 4 is 33.6 Å². The molecule has 108 valence electrons. The summed E-state index contributed by atoms with van der Waals surface area (Å²) in [4.78, 5) is 22.9. The van der Waals surface area contributed by atoms with Gasteiger partial charge < -0.3 is 20.5 Å². The van der Waals surface area contributed by atoms with Gasteiger partial charge >= 0.3 is 12.0 Å². The zero-order chi connectivity index (χ0) is 14.5. The van der Waals surface area contributed by atoms with E-state index in [-0.39, 0.29) is 17.4 Å². The Kier molecular flexibility index (Phi) is 4.97. The molecule has 1 aliphatic heterocycles. The fourth-order valence-corrected chi connectivity index (χ4v) is 2.34. The molecule has 1 aliphatic rings. The minimum Gasteiger partial charge on any atom is -0.478 e. The molecule has 1 fully saturated rings. The van der Waals surface area contributed by atoms with Crippen molar-refractivity contribution in [1.82, 2.24) is 5.32 Å².